The van der Waals surface area contributed by atoms with Gasteiger partial charge in [0, 0.05) is 11.9 Å². The van der Waals surface area contributed by atoms with Gasteiger partial charge in [-0.3, -0.25) is 9.78 Å². The van der Waals surface area contributed by atoms with E-state index in [-0.39, 0.29) is 17.2 Å². The van der Waals surface area contributed by atoms with Crippen molar-refractivity contribution in [3.8, 4) is 0 Å². The molecule has 5 nitrogen and oxygen atoms in total. The molecule has 0 radical (unpaired) electrons. The molecule has 19 heavy (non-hydrogen) atoms. The lowest BCUT2D eigenvalue weighted by Crippen LogP contribution is -2.14. The van der Waals surface area contributed by atoms with Crippen LogP contribution in [-0.4, -0.2) is 22.0 Å². The number of anilines is 1. The Morgan fingerprint density at radius 3 is 2.63 bits per heavy atom. The molecule has 96 valence electrons. The molecular formula is C14H12N2O3. The Hall–Kier alpha value is -2.69. The fourth-order valence-electron chi connectivity index (χ4n) is 1.62. The molecule has 5 heteroatoms. The summed E-state index contributed by atoms with van der Waals surface area (Å²) in [5.41, 5.74) is 1.51. The minimum absolute atomic E-state index is 0.166. The van der Waals surface area contributed by atoms with E-state index in [9.17, 15) is 9.59 Å². The molecular weight excluding hydrogens is 244 g/mol. The maximum absolute atomic E-state index is 11.9. The second kappa shape index (κ2) is 5.30. The van der Waals surface area contributed by atoms with Gasteiger partial charge in [0.1, 0.15) is 5.69 Å². The van der Waals surface area contributed by atoms with Crippen LogP contribution < -0.4 is 5.32 Å². The summed E-state index contributed by atoms with van der Waals surface area (Å²) in [7, 11) is 0. The Bertz CT molecular complexity index is 624. The third-order valence-electron chi connectivity index (χ3n) is 2.62. The molecule has 0 atom stereocenters. The smallest absolute Gasteiger partial charge is 0.336 e. The molecule has 2 rings (SSSR count). The number of carbonyl (C=O) groups is 2. The highest BCUT2D eigenvalue weighted by Crippen LogP contribution is 2.16. The van der Waals surface area contributed by atoms with Crippen LogP contribution in [0.5, 0.6) is 0 Å². The first-order chi connectivity index (χ1) is 9.08. The Morgan fingerprint density at radius 1 is 1.21 bits per heavy atom. The normalized spacial score (nSPS) is 9.95. The number of carboxylic acids is 1. The van der Waals surface area contributed by atoms with Crippen molar-refractivity contribution in [2.75, 3.05) is 5.32 Å². The summed E-state index contributed by atoms with van der Waals surface area (Å²) in [6, 6.07) is 9.74. The van der Waals surface area contributed by atoms with Crippen LogP contribution in [0, 0.1) is 6.92 Å². The van der Waals surface area contributed by atoms with Crippen molar-refractivity contribution < 1.29 is 14.7 Å². The quantitative estimate of drug-likeness (QED) is 0.883. The summed E-state index contributed by atoms with van der Waals surface area (Å²) in [5, 5.41) is 11.6. The molecule has 0 fully saturated rings. The molecule has 2 aromatic rings. The lowest BCUT2D eigenvalue weighted by atomic mass is 10.1. The molecule has 0 aliphatic carbocycles. The van der Waals surface area contributed by atoms with Crippen molar-refractivity contribution in [1.29, 1.82) is 0 Å². The highest BCUT2D eigenvalue weighted by molar-refractivity contribution is 6.03. The molecule has 0 spiro atoms. The first-order valence-corrected chi connectivity index (χ1v) is 5.64. The summed E-state index contributed by atoms with van der Waals surface area (Å²) in [6.45, 7) is 1.70. The summed E-state index contributed by atoms with van der Waals surface area (Å²) >= 11 is 0. The number of nitrogens with zero attached hydrogens (tertiary/aromatic N) is 1. The zero-order chi connectivity index (χ0) is 13.8. The van der Waals surface area contributed by atoms with Crippen LogP contribution in [-0.2, 0) is 0 Å². The minimum atomic E-state index is -1.02. The zero-order valence-electron chi connectivity index (χ0n) is 10.3. The highest BCUT2D eigenvalue weighted by atomic mass is 16.4. The number of amides is 1. The predicted octanol–water partition coefficient (Wildman–Crippen LogP) is 2.34. The fourth-order valence-corrected chi connectivity index (χ4v) is 1.62. The standard InChI is InChI=1S/C14H12N2O3/c1-9-5-6-10(8-11(9)14(18)19)16-13(17)12-4-2-3-7-15-12/h2-8H,1H3,(H,16,17)(H,18,19). The van der Waals surface area contributed by atoms with E-state index in [1.165, 1.54) is 12.3 Å². The SMILES string of the molecule is Cc1ccc(NC(=O)c2ccccn2)cc1C(=O)O. The summed E-state index contributed by atoms with van der Waals surface area (Å²) < 4.78 is 0. The number of carboxylic acid groups (broad SMARTS) is 1. The number of aryl methyl sites for hydroxylation is 1. The molecule has 1 aromatic heterocycles. The van der Waals surface area contributed by atoms with E-state index in [1.54, 1.807) is 37.3 Å². The van der Waals surface area contributed by atoms with Crippen molar-refractivity contribution >= 4 is 17.6 Å². The topological polar surface area (TPSA) is 79.3 Å². The van der Waals surface area contributed by atoms with Gasteiger partial charge in [-0.05, 0) is 36.8 Å². The van der Waals surface area contributed by atoms with E-state index < -0.39 is 5.97 Å². The van der Waals surface area contributed by atoms with Gasteiger partial charge in [-0.1, -0.05) is 12.1 Å². The van der Waals surface area contributed by atoms with E-state index in [0.717, 1.165) is 0 Å². The number of aromatic nitrogens is 1. The monoisotopic (exact) mass is 256 g/mol. The third kappa shape index (κ3) is 2.95. The Morgan fingerprint density at radius 2 is 2.00 bits per heavy atom. The molecule has 0 saturated heterocycles. The number of rotatable bonds is 3. The van der Waals surface area contributed by atoms with Crippen molar-refractivity contribution in [3.05, 3.63) is 59.4 Å². The fraction of sp³-hybridized carbons (Fsp3) is 0.0714. The lowest BCUT2D eigenvalue weighted by Gasteiger charge is -2.07. The first-order valence-electron chi connectivity index (χ1n) is 5.64. The summed E-state index contributed by atoms with van der Waals surface area (Å²) in [5.74, 6) is -1.40. The van der Waals surface area contributed by atoms with Crippen molar-refractivity contribution in [2.45, 2.75) is 6.92 Å². The molecule has 1 aromatic carbocycles. The van der Waals surface area contributed by atoms with Gasteiger partial charge < -0.3 is 10.4 Å². The molecule has 0 unspecified atom stereocenters. The Labute approximate surface area is 109 Å². The van der Waals surface area contributed by atoms with Gasteiger partial charge in [0.05, 0.1) is 5.56 Å². The third-order valence-corrected chi connectivity index (χ3v) is 2.62. The van der Waals surface area contributed by atoms with Crippen LogP contribution in [0.4, 0.5) is 5.69 Å². The van der Waals surface area contributed by atoms with Crippen molar-refractivity contribution in [2.24, 2.45) is 0 Å². The lowest BCUT2D eigenvalue weighted by molar-refractivity contribution is 0.0695. The van der Waals surface area contributed by atoms with Crippen LogP contribution in [0.1, 0.15) is 26.4 Å². The number of aromatic carboxylic acids is 1. The first kappa shape index (κ1) is 12.8. The molecule has 0 saturated carbocycles. The van der Waals surface area contributed by atoms with E-state index in [0.29, 0.717) is 11.3 Å². The number of nitrogens with one attached hydrogen (secondary N) is 1. The van der Waals surface area contributed by atoms with E-state index >= 15 is 0 Å². The Kier molecular flexibility index (Phi) is 3.56. The van der Waals surface area contributed by atoms with Crippen LogP contribution >= 0.6 is 0 Å². The second-order valence-electron chi connectivity index (χ2n) is 4.00. The zero-order valence-corrected chi connectivity index (χ0v) is 10.3. The number of pyridine rings is 1. The molecule has 0 aliphatic rings. The van der Waals surface area contributed by atoms with Crippen molar-refractivity contribution in [1.82, 2.24) is 4.98 Å². The van der Waals surface area contributed by atoms with E-state index in [2.05, 4.69) is 10.3 Å². The summed E-state index contributed by atoms with van der Waals surface area (Å²) in [4.78, 5) is 26.8. The van der Waals surface area contributed by atoms with Gasteiger partial charge in [-0.15, -0.1) is 0 Å². The van der Waals surface area contributed by atoms with E-state index in [1.807, 2.05) is 0 Å². The summed E-state index contributed by atoms with van der Waals surface area (Å²) in [6.07, 6.45) is 1.52. The van der Waals surface area contributed by atoms with Gasteiger partial charge in [-0.2, -0.15) is 0 Å². The average Bonchev–Trinajstić information content (AvgIpc) is 2.41. The second-order valence-corrected chi connectivity index (χ2v) is 4.00. The van der Waals surface area contributed by atoms with Gasteiger partial charge in [0.25, 0.3) is 5.91 Å². The number of benzene rings is 1. The molecule has 0 bridgehead atoms. The van der Waals surface area contributed by atoms with Crippen molar-refractivity contribution in [3.63, 3.8) is 0 Å². The largest absolute Gasteiger partial charge is 0.478 e. The van der Waals surface area contributed by atoms with Crippen LogP contribution in [0.15, 0.2) is 42.6 Å². The molecule has 1 amide bonds. The maximum atomic E-state index is 11.9. The maximum Gasteiger partial charge on any atom is 0.336 e. The van der Waals surface area contributed by atoms with Crippen LogP contribution in [0.2, 0.25) is 0 Å². The number of hydrogen-bond donors (Lipinski definition) is 2. The van der Waals surface area contributed by atoms with Gasteiger partial charge in [0.2, 0.25) is 0 Å². The van der Waals surface area contributed by atoms with Gasteiger partial charge in [-0.25, -0.2) is 4.79 Å². The number of carbonyl (C=O) groups excluding carboxylic acids is 1. The van der Waals surface area contributed by atoms with E-state index in [4.69, 9.17) is 5.11 Å². The van der Waals surface area contributed by atoms with Crippen LogP contribution in [0.3, 0.4) is 0 Å². The Balaban J connectivity index is 2.23. The molecule has 2 N–H and O–H groups in total. The van der Waals surface area contributed by atoms with Gasteiger partial charge >= 0.3 is 5.97 Å². The predicted molar refractivity (Wildman–Crippen MR) is 70.3 cm³/mol. The van der Waals surface area contributed by atoms with Gasteiger partial charge in [0.15, 0.2) is 0 Å². The minimum Gasteiger partial charge on any atom is -0.478 e. The molecule has 1 heterocycles. The number of hydrogen-bond acceptors (Lipinski definition) is 3. The molecule has 0 aliphatic heterocycles. The van der Waals surface area contributed by atoms with Crippen LogP contribution in [0.25, 0.3) is 0 Å². The average molecular weight is 256 g/mol. The highest BCUT2D eigenvalue weighted by Gasteiger charge is 2.11.